The summed E-state index contributed by atoms with van der Waals surface area (Å²) >= 11 is 6.10. The molecule has 4 rings (SSSR count). The van der Waals surface area contributed by atoms with Crippen molar-refractivity contribution in [3.63, 3.8) is 0 Å². The zero-order chi connectivity index (χ0) is 13.7. The Kier molecular flexibility index (Phi) is 2.38. The third-order valence-electron chi connectivity index (χ3n) is 3.60. The fraction of sp³-hybridized carbons (Fsp3) is 0.0625. The molecule has 2 heterocycles. The van der Waals surface area contributed by atoms with Gasteiger partial charge in [0.05, 0.1) is 5.56 Å². The first kappa shape index (κ1) is 11.6. The Morgan fingerprint density at radius 1 is 1.15 bits per heavy atom. The molecule has 1 aliphatic heterocycles. The number of H-pyrrole nitrogens is 1. The van der Waals surface area contributed by atoms with Crippen molar-refractivity contribution in [1.82, 2.24) is 4.98 Å². The van der Waals surface area contributed by atoms with E-state index in [0.29, 0.717) is 10.6 Å². The number of benzene rings is 2. The van der Waals surface area contributed by atoms with E-state index in [4.69, 9.17) is 16.3 Å². The third kappa shape index (κ3) is 1.57. The van der Waals surface area contributed by atoms with Crippen LogP contribution in [0.25, 0.3) is 22.0 Å². The predicted octanol–water partition coefficient (Wildman–Crippen LogP) is 3.74. The maximum absolute atomic E-state index is 12.2. The normalized spacial score (nSPS) is 12.7. The van der Waals surface area contributed by atoms with Crippen LogP contribution >= 0.6 is 11.6 Å². The summed E-state index contributed by atoms with van der Waals surface area (Å²) in [5, 5.41) is 1.60. The highest BCUT2D eigenvalue weighted by molar-refractivity contribution is 6.31. The van der Waals surface area contributed by atoms with Gasteiger partial charge in [-0.1, -0.05) is 29.8 Å². The van der Waals surface area contributed by atoms with E-state index in [-0.39, 0.29) is 12.2 Å². The molecule has 0 amide bonds. The molecule has 1 aromatic heterocycles. The first-order chi connectivity index (χ1) is 9.74. The van der Waals surface area contributed by atoms with Gasteiger partial charge in [0, 0.05) is 27.1 Å². The van der Waals surface area contributed by atoms with E-state index >= 15 is 0 Å². The number of aromatic nitrogens is 1. The lowest BCUT2D eigenvalue weighted by Gasteiger charge is -2.21. The van der Waals surface area contributed by atoms with Gasteiger partial charge in [0.25, 0.3) is 5.56 Å². The van der Waals surface area contributed by atoms with Crippen LogP contribution in [-0.2, 0) is 6.61 Å². The average Bonchev–Trinajstić information content (AvgIpc) is 2.47. The van der Waals surface area contributed by atoms with Crippen LogP contribution in [0.4, 0.5) is 0 Å². The zero-order valence-electron chi connectivity index (χ0n) is 10.4. The van der Waals surface area contributed by atoms with Gasteiger partial charge in [-0.25, -0.2) is 0 Å². The number of rotatable bonds is 0. The first-order valence-electron chi connectivity index (χ1n) is 6.30. The summed E-state index contributed by atoms with van der Waals surface area (Å²) < 4.78 is 5.66. The van der Waals surface area contributed by atoms with E-state index in [1.807, 2.05) is 36.4 Å². The van der Waals surface area contributed by atoms with Crippen molar-refractivity contribution in [2.45, 2.75) is 6.61 Å². The monoisotopic (exact) mass is 283 g/mol. The van der Waals surface area contributed by atoms with Crippen molar-refractivity contribution in [2.75, 3.05) is 0 Å². The number of aromatic amines is 1. The third-order valence-corrected chi connectivity index (χ3v) is 3.84. The fourth-order valence-electron chi connectivity index (χ4n) is 2.70. The Bertz CT molecular complexity index is 899. The molecule has 0 radical (unpaired) electrons. The van der Waals surface area contributed by atoms with Crippen molar-refractivity contribution >= 4 is 22.5 Å². The Balaban J connectivity index is 2.21. The smallest absolute Gasteiger partial charge is 0.255 e. The largest absolute Gasteiger partial charge is 0.488 e. The molecule has 98 valence electrons. The van der Waals surface area contributed by atoms with Gasteiger partial charge in [0.15, 0.2) is 0 Å². The maximum atomic E-state index is 12.2. The lowest BCUT2D eigenvalue weighted by Crippen LogP contribution is -2.19. The number of halogens is 1. The molecule has 2 aromatic carbocycles. The van der Waals surface area contributed by atoms with E-state index in [1.54, 1.807) is 6.07 Å². The van der Waals surface area contributed by atoms with Gasteiger partial charge in [-0.15, -0.1) is 0 Å². The van der Waals surface area contributed by atoms with Crippen molar-refractivity contribution in [3.05, 3.63) is 63.4 Å². The Morgan fingerprint density at radius 3 is 2.90 bits per heavy atom. The number of hydrogen-bond donors (Lipinski definition) is 1. The number of fused-ring (bicyclic) bond motifs is 5. The summed E-state index contributed by atoms with van der Waals surface area (Å²) in [7, 11) is 0. The van der Waals surface area contributed by atoms with Crippen molar-refractivity contribution < 1.29 is 4.74 Å². The summed E-state index contributed by atoms with van der Waals surface area (Å²) in [4.78, 5) is 15.1. The van der Waals surface area contributed by atoms with Gasteiger partial charge in [-0.2, -0.15) is 0 Å². The molecule has 1 aliphatic rings. The minimum absolute atomic E-state index is 0.107. The van der Waals surface area contributed by atoms with Gasteiger partial charge in [0.1, 0.15) is 12.4 Å². The predicted molar refractivity (Wildman–Crippen MR) is 79.3 cm³/mol. The summed E-state index contributed by atoms with van der Waals surface area (Å²) in [6.07, 6.45) is 0. The number of nitrogens with one attached hydrogen (secondary N) is 1. The number of hydrogen-bond acceptors (Lipinski definition) is 2. The Hall–Kier alpha value is -2.26. The molecule has 0 bridgehead atoms. The number of ether oxygens (including phenoxy) is 1. The van der Waals surface area contributed by atoms with Crippen molar-refractivity contribution in [2.24, 2.45) is 0 Å². The summed E-state index contributed by atoms with van der Waals surface area (Å²) in [6.45, 7) is 0.282. The van der Waals surface area contributed by atoms with Gasteiger partial charge in [-0.3, -0.25) is 4.79 Å². The summed E-state index contributed by atoms with van der Waals surface area (Å²) in [5.74, 6) is 0.798. The molecule has 4 heteroatoms. The van der Waals surface area contributed by atoms with E-state index in [9.17, 15) is 4.79 Å². The topological polar surface area (TPSA) is 42.1 Å². The van der Waals surface area contributed by atoms with E-state index in [0.717, 1.165) is 27.8 Å². The zero-order valence-corrected chi connectivity index (χ0v) is 11.2. The second-order valence-corrected chi connectivity index (χ2v) is 5.22. The highest BCUT2D eigenvalue weighted by Crippen LogP contribution is 2.40. The van der Waals surface area contributed by atoms with Crippen LogP contribution in [0.2, 0.25) is 5.02 Å². The molecule has 0 atom stereocenters. The minimum Gasteiger partial charge on any atom is -0.488 e. The molecule has 0 unspecified atom stereocenters. The lowest BCUT2D eigenvalue weighted by atomic mass is 9.94. The quantitative estimate of drug-likeness (QED) is 0.683. The summed E-state index contributed by atoms with van der Waals surface area (Å²) in [5.41, 5.74) is 3.19. The SMILES string of the molecule is O=c1[nH]c2ccc(Cl)cc2c2c1COc1ccccc1-2. The van der Waals surface area contributed by atoms with E-state index < -0.39 is 0 Å². The second kappa shape index (κ2) is 4.12. The van der Waals surface area contributed by atoms with Crippen LogP contribution in [0.3, 0.4) is 0 Å². The highest BCUT2D eigenvalue weighted by atomic mass is 35.5. The highest BCUT2D eigenvalue weighted by Gasteiger charge is 2.22. The molecule has 0 fully saturated rings. The molecule has 3 nitrogen and oxygen atoms in total. The molecule has 0 aliphatic carbocycles. The van der Waals surface area contributed by atoms with Crippen molar-refractivity contribution in [1.29, 1.82) is 0 Å². The molecule has 0 saturated heterocycles. The maximum Gasteiger partial charge on any atom is 0.255 e. The minimum atomic E-state index is -0.107. The molecule has 1 N–H and O–H groups in total. The van der Waals surface area contributed by atoms with Crippen LogP contribution in [0.1, 0.15) is 5.56 Å². The van der Waals surface area contributed by atoms with Crippen LogP contribution in [-0.4, -0.2) is 4.98 Å². The van der Waals surface area contributed by atoms with E-state index in [1.165, 1.54) is 0 Å². The second-order valence-electron chi connectivity index (χ2n) is 4.78. The molecule has 20 heavy (non-hydrogen) atoms. The van der Waals surface area contributed by atoms with Gasteiger partial charge >= 0.3 is 0 Å². The van der Waals surface area contributed by atoms with Crippen LogP contribution in [0.5, 0.6) is 5.75 Å². The van der Waals surface area contributed by atoms with Crippen LogP contribution in [0.15, 0.2) is 47.3 Å². The Morgan fingerprint density at radius 2 is 2.00 bits per heavy atom. The van der Waals surface area contributed by atoms with Crippen LogP contribution in [0, 0.1) is 0 Å². The molecular weight excluding hydrogens is 274 g/mol. The number of pyridine rings is 1. The van der Waals surface area contributed by atoms with Gasteiger partial charge < -0.3 is 9.72 Å². The molecule has 0 saturated carbocycles. The van der Waals surface area contributed by atoms with Gasteiger partial charge in [0.2, 0.25) is 0 Å². The lowest BCUT2D eigenvalue weighted by molar-refractivity contribution is 0.301. The van der Waals surface area contributed by atoms with E-state index in [2.05, 4.69) is 4.98 Å². The van der Waals surface area contributed by atoms with Crippen molar-refractivity contribution in [3.8, 4) is 16.9 Å². The Labute approximate surface area is 119 Å². The fourth-order valence-corrected chi connectivity index (χ4v) is 2.87. The number of para-hydroxylation sites is 1. The molecule has 3 aromatic rings. The summed E-state index contributed by atoms with van der Waals surface area (Å²) in [6, 6.07) is 13.2. The first-order valence-corrected chi connectivity index (χ1v) is 6.68. The van der Waals surface area contributed by atoms with Crippen LogP contribution < -0.4 is 10.3 Å². The van der Waals surface area contributed by atoms with Gasteiger partial charge in [-0.05, 0) is 24.3 Å². The molecular formula is C16H10ClNO2. The molecule has 0 spiro atoms. The average molecular weight is 284 g/mol. The standard InChI is InChI=1S/C16H10ClNO2/c17-9-5-6-13-11(7-9)15-10-3-1-2-4-14(10)20-8-12(15)16(19)18-13/h1-7H,8H2,(H,18,19).